The van der Waals surface area contributed by atoms with Gasteiger partial charge in [0.15, 0.2) is 0 Å². The summed E-state index contributed by atoms with van der Waals surface area (Å²) in [4.78, 5) is 5.59. The Labute approximate surface area is 521 Å². The second-order valence-electron chi connectivity index (χ2n) is 32.6. The smallest absolute Gasteiger partial charge is 0.252 e. The molecule has 438 valence electrons. The molecule has 2 nitrogen and oxygen atoms in total. The van der Waals surface area contributed by atoms with E-state index in [1.165, 1.54) is 168 Å². The van der Waals surface area contributed by atoms with Crippen LogP contribution in [0.4, 0.5) is 34.1 Å². The van der Waals surface area contributed by atoms with Crippen LogP contribution in [0.1, 0.15) is 220 Å². The third-order valence-electron chi connectivity index (χ3n) is 23.6. The Bertz CT molecular complexity index is 4500. The van der Waals surface area contributed by atoms with E-state index in [2.05, 4.69) is 300 Å². The van der Waals surface area contributed by atoms with Crippen molar-refractivity contribution in [1.29, 1.82) is 0 Å². The molecule has 9 aromatic carbocycles. The van der Waals surface area contributed by atoms with E-state index in [9.17, 15) is 0 Å². The van der Waals surface area contributed by atoms with Crippen LogP contribution in [0.15, 0.2) is 152 Å². The largest absolute Gasteiger partial charge is 0.311 e. The summed E-state index contributed by atoms with van der Waals surface area (Å²) in [5.74, 6) is 0. The van der Waals surface area contributed by atoms with Gasteiger partial charge < -0.3 is 9.80 Å². The number of benzene rings is 9. The van der Waals surface area contributed by atoms with Crippen LogP contribution >= 0.6 is 0 Å². The summed E-state index contributed by atoms with van der Waals surface area (Å²) < 4.78 is 0. The molecule has 87 heavy (non-hydrogen) atoms. The van der Waals surface area contributed by atoms with Crippen LogP contribution in [0, 0.1) is 20.8 Å². The maximum absolute atomic E-state index is 2.84. The van der Waals surface area contributed by atoms with Gasteiger partial charge in [0.25, 0.3) is 6.71 Å². The molecule has 0 N–H and O–H groups in total. The van der Waals surface area contributed by atoms with Crippen molar-refractivity contribution in [3.05, 3.63) is 241 Å². The predicted molar refractivity (Wildman–Crippen MR) is 373 cm³/mol. The van der Waals surface area contributed by atoms with E-state index in [0.29, 0.717) is 0 Å². The van der Waals surface area contributed by atoms with Crippen molar-refractivity contribution in [2.75, 3.05) is 9.80 Å². The molecule has 9 aromatic rings. The van der Waals surface area contributed by atoms with E-state index in [0.717, 1.165) is 6.42 Å². The van der Waals surface area contributed by atoms with E-state index in [4.69, 9.17) is 0 Å². The van der Waals surface area contributed by atoms with Crippen molar-refractivity contribution in [2.45, 2.75) is 195 Å². The van der Waals surface area contributed by atoms with Crippen LogP contribution in [-0.2, 0) is 43.3 Å². The Morgan fingerprint density at radius 1 is 0.356 bits per heavy atom. The molecule has 4 aliphatic carbocycles. The Morgan fingerprint density at radius 3 is 1.40 bits per heavy atom. The molecule has 0 saturated carbocycles. The fourth-order valence-corrected chi connectivity index (χ4v) is 18.2. The zero-order valence-electron chi connectivity index (χ0n) is 55.8. The molecule has 0 aromatic heterocycles. The molecular formula is C84H89BN2. The summed E-state index contributed by atoms with van der Waals surface area (Å²) in [5.41, 5.74) is 38.3. The van der Waals surface area contributed by atoms with E-state index >= 15 is 0 Å². The number of aryl methyl sites for hydroxylation is 3. The summed E-state index contributed by atoms with van der Waals surface area (Å²) in [6.07, 6.45) is 2.31. The Balaban J connectivity index is 1.13. The van der Waals surface area contributed by atoms with Gasteiger partial charge in [-0.3, -0.25) is 0 Å². The van der Waals surface area contributed by atoms with Gasteiger partial charge in [-0.2, -0.15) is 0 Å². The predicted octanol–water partition coefficient (Wildman–Crippen LogP) is 20.2. The average molecular weight is 1140 g/mol. The van der Waals surface area contributed by atoms with E-state index in [-0.39, 0.29) is 50.0 Å². The maximum Gasteiger partial charge on any atom is 0.252 e. The third-order valence-corrected chi connectivity index (χ3v) is 23.6. The van der Waals surface area contributed by atoms with Crippen LogP contribution in [0.25, 0.3) is 22.3 Å². The van der Waals surface area contributed by atoms with Crippen LogP contribution in [0.5, 0.6) is 0 Å². The molecule has 2 aliphatic heterocycles. The molecule has 0 amide bonds. The first-order valence-electron chi connectivity index (χ1n) is 32.7. The Morgan fingerprint density at radius 2 is 0.828 bits per heavy atom. The number of nitrogens with zero attached hydrogens (tertiary/aromatic N) is 2. The Hall–Kier alpha value is -7.36. The molecule has 0 unspecified atom stereocenters. The minimum absolute atomic E-state index is 0.00777. The van der Waals surface area contributed by atoms with E-state index in [1.807, 2.05) is 0 Å². The van der Waals surface area contributed by atoms with Crippen molar-refractivity contribution >= 4 is 57.2 Å². The second kappa shape index (κ2) is 17.7. The van der Waals surface area contributed by atoms with Crippen LogP contribution in [0.3, 0.4) is 0 Å². The maximum atomic E-state index is 2.84. The second-order valence-corrected chi connectivity index (χ2v) is 32.6. The minimum atomic E-state index is -0.270. The van der Waals surface area contributed by atoms with Crippen molar-refractivity contribution < 1.29 is 0 Å². The van der Waals surface area contributed by atoms with Crippen molar-refractivity contribution in [3.63, 3.8) is 0 Å². The van der Waals surface area contributed by atoms with Gasteiger partial charge >= 0.3 is 0 Å². The van der Waals surface area contributed by atoms with Crippen LogP contribution < -0.4 is 26.2 Å². The number of rotatable bonds is 3. The number of hydrogen-bond donors (Lipinski definition) is 0. The van der Waals surface area contributed by atoms with Gasteiger partial charge in [-0.15, -0.1) is 0 Å². The fourth-order valence-electron chi connectivity index (χ4n) is 18.2. The molecule has 6 aliphatic rings. The summed E-state index contributed by atoms with van der Waals surface area (Å²) in [5, 5.41) is 0. The standard InChI is InChI=1S/C84H89BN2/c1-48-26-25-27-49(2)73(48)51-41-71-75-72(42-51)87(69-46-63-62(40-50(69)3)78(7,8)38-39-79(63,9)10)76-67(37-36-61-74(76)54-43-52(77(4,5)6)32-34-55(54)80(61,11)12)85(75)68-45-65-66(84(19,20)59-31-24-23-30-58(59)83(65,17)18)47-70(68)86(71)53-33-35-60-64(44-53)82(15,16)57-29-22-21-28-56(57)81(60,13)14/h21-37,40-47H,38-39H2,1-20H3. The van der Waals surface area contributed by atoms with Gasteiger partial charge in [0.2, 0.25) is 0 Å². The van der Waals surface area contributed by atoms with Crippen molar-refractivity contribution in [3.8, 4) is 22.3 Å². The lowest BCUT2D eigenvalue weighted by Gasteiger charge is -2.49. The highest BCUT2D eigenvalue weighted by Crippen LogP contribution is 2.60. The van der Waals surface area contributed by atoms with Gasteiger partial charge in [0, 0.05) is 66.8 Å². The summed E-state index contributed by atoms with van der Waals surface area (Å²) in [6.45, 7) is 48.8. The molecule has 0 atom stereocenters. The summed E-state index contributed by atoms with van der Waals surface area (Å²) in [7, 11) is 0. The topological polar surface area (TPSA) is 6.48 Å². The normalized spacial score (nSPS) is 19.1. The lowest BCUT2D eigenvalue weighted by Crippen LogP contribution is -2.62. The Kier molecular flexibility index (Phi) is 11.4. The number of fused-ring (bicyclic) bond motifs is 13. The first-order chi connectivity index (χ1) is 40.8. The van der Waals surface area contributed by atoms with Crippen LogP contribution in [-0.4, -0.2) is 6.71 Å². The summed E-state index contributed by atoms with van der Waals surface area (Å²) >= 11 is 0. The fraction of sp³-hybridized carbons (Fsp3) is 0.357. The van der Waals surface area contributed by atoms with Gasteiger partial charge in [-0.05, 0) is 208 Å². The average Bonchev–Trinajstić information content (AvgIpc) is 1.59. The van der Waals surface area contributed by atoms with Crippen LogP contribution in [0.2, 0.25) is 0 Å². The monoisotopic (exact) mass is 1140 g/mol. The molecule has 0 bridgehead atoms. The van der Waals surface area contributed by atoms with Gasteiger partial charge in [-0.1, -0.05) is 233 Å². The molecule has 0 radical (unpaired) electrons. The molecule has 15 rings (SSSR count). The zero-order valence-corrected chi connectivity index (χ0v) is 55.8. The lowest BCUT2D eigenvalue weighted by molar-refractivity contribution is 0.332. The lowest BCUT2D eigenvalue weighted by atomic mass is 9.32. The quantitative estimate of drug-likeness (QED) is 0.163. The van der Waals surface area contributed by atoms with Gasteiger partial charge in [-0.25, -0.2) is 0 Å². The highest BCUT2D eigenvalue weighted by molar-refractivity contribution is 7.00. The summed E-state index contributed by atoms with van der Waals surface area (Å²) in [6, 6.07) is 61.7. The van der Waals surface area contributed by atoms with Gasteiger partial charge in [0.05, 0.1) is 0 Å². The van der Waals surface area contributed by atoms with E-state index < -0.39 is 0 Å². The highest BCUT2D eigenvalue weighted by Gasteiger charge is 2.52. The highest BCUT2D eigenvalue weighted by atomic mass is 15.2. The molecule has 0 saturated heterocycles. The zero-order chi connectivity index (χ0) is 61.6. The van der Waals surface area contributed by atoms with E-state index in [1.54, 1.807) is 0 Å². The SMILES string of the molecule is Cc1cc2c(cc1N1c3cc(-c4c(C)cccc4C)cc4c3B(c3cc5c(cc3N4c3ccc4c(c3)C(C)(C)c3ccccc3C4(C)C)C(C)(C)c3ccccc3C5(C)C)c3ccc4c(c31)-c1cc(C(C)(C)C)ccc1C4(C)C)C(C)(C)CCC2(C)C. The van der Waals surface area contributed by atoms with Crippen molar-refractivity contribution in [2.24, 2.45) is 0 Å². The molecule has 0 spiro atoms. The molecule has 2 heterocycles. The first-order valence-corrected chi connectivity index (χ1v) is 32.7. The minimum Gasteiger partial charge on any atom is -0.311 e. The molecule has 3 heteroatoms. The molecule has 0 fully saturated rings. The third kappa shape index (κ3) is 7.47. The number of hydrogen-bond acceptors (Lipinski definition) is 2. The number of anilines is 6. The first kappa shape index (κ1) is 56.2. The van der Waals surface area contributed by atoms with Crippen molar-refractivity contribution in [1.82, 2.24) is 0 Å². The van der Waals surface area contributed by atoms with Gasteiger partial charge in [0.1, 0.15) is 0 Å². The molecular weight excluding hydrogens is 1050 g/mol.